The molecule has 3 nitrogen and oxygen atoms in total. The van der Waals surface area contributed by atoms with Crippen LogP contribution in [0.15, 0.2) is 71.8 Å². The van der Waals surface area contributed by atoms with E-state index in [2.05, 4.69) is 42.6 Å². The van der Waals surface area contributed by atoms with Gasteiger partial charge < -0.3 is 4.74 Å². The van der Waals surface area contributed by atoms with Crippen LogP contribution in [0.25, 0.3) is 0 Å². The summed E-state index contributed by atoms with van der Waals surface area (Å²) < 4.78 is 5.90. The van der Waals surface area contributed by atoms with E-state index in [9.17, 15) is 0 Å². The molecule has 3 aromatic rings. The van der Waals surface area contributed by atoms with Gasteiger partial charge in [0.25, 0.3) is 0 Å². The molecule has 0 aliphatic heterocycles. The highest BCUT2D eigenvalue weighted by atomic mass is 35.5. The summed E-state index contributed by atoms with van der Waals surface area (Å²) in [6, 6.07) is 21.7. The first-order valence-electron chi connectivity index (χ1n) is 8.44. The predicted molar refractivity (Wildman–Crippen MR) is 109 cm³/mol. The van der Waals surface area contributed by atoms with Crippen molar-refractivity contribution in [2.45, 2.75) is 20.5 Å². The molecule has 0 fully saturated rings. The fraction of sp³-hybridized carbons (Fsp3) is 0.136. The second-order valence-electron chi connectivity index (χ2n) is 6.16. The van der Waals surface area contributed by atoms with E-state index in [4.69, 9.17) is 16.3 Å². The van der Waals surface area contributed by atoms with Crippen molar-refractivity contribution in [3.05, 3.63) is 94.0 Å². The lowest BCUT2D eigenvalue weighted by Gasteiger charge is -2.10. The lowest BCUT2D eigenvalue weighted by atomic mass is 10.1. The van der Waals surface area contributed by atoms with Gasteiger partial charge in [0.1, 0.15) is 12.4 Å². The Hall–Kier alpha value is -2.78. The molecule has 3 rings (SSSR count). The minimum atomic E-state index is 0.569. The normalized spacial score (nSPS) is 10.9. The molecule has 0 aromatic heterocycles. The summed E-state index contributed by atoms with van der Waals surface area (Å²) >= 11 is 5.86. The molecule has 0 unspecified atom stereocenters. The first kappa shape index (κ1) is 18.0. The van der Waals surface area contributed by atoms with Gasteiger partial charge in [-0.2, -0.15) is 5.10 Å². The molecular weight excluding hydrogens is 344 g/mol. The Kier molecular flexibility index (Phi) is 5.92. The number of hydrazone groups is 1. The maximum absolute atomic E-state index is 5.90. The predicted octanol–water partition coefficient (Wildman–Crippen LogP) is 5.98. The van der Waals surface area contributed by atoms with Gasteiger partial charge in [-0.05, 0) is 79.1 Å². The van der Waals surface area contributed by atoms with Crippen molar-refractivity contribution in [3.8, 4) is 5.75 Å². The molecule has 0 amide bonds. The summed E-state index contributed by atoms with van der Waals surface area (Å²) in [5.74, 6) is 0.841. The Morgan fingerprint density at radius 3 is 2.42 bits per heavy atom. The largest absolute Gasteiger partial charge is 0.489 e. The highest BCUT2D eigenvalue weighted by Crippen LogP contribution is 2.17. The number of halogens is 1. The number of hydrogen-bond acceptors (Lipinski definition) is 3. The van der Waals surface area contributed by atoms with E-state index in [1.54, 1.807) is 6.21 Å². The summed E-state index contributed by atoms with van der Waals surface area (Å²) in [5, 5.41) is 4.93. The number of aryl methyl sites for hydroxylation is 2. The summed E-state index contributed by atoms with van der Waals surface area (Å²) in [6.45, 7) is 4.76. The smallest absolute Gasteiger partial charge is 0.119 e. The molecule has 1 N–H and O–H groups in total. The highest BCUT2D eigenvalue weighted by Gasteiger charge is 2.01. The Morgan fingerprint density at radius 2 is 1.69 bits per heavy atom. The van der Waals surface area contributed by atoms with E-state index in [0.29, 0.717) is 11.6 Å². The molecule has 26 heavy (non-hydrogen) atoms. The molecule has 0 atom stereocenters. The van der Waals surface area contributed by atoms with Crippen molar-refractivity contribution in [2.24, 2.45) is 5.10 Å². The Balaban J connectivity index is 1.55. The third-order valence-electron chi connectivity index (χ3n) is 4.03. The van der Waals surface area contributed by atoms with Crippen LogP contribution in [0.1, 0.15) is 22.3 Å². The highest BCUT2D eigenvalue weighted by molar-refractivity contribution is 6.30. The monoisotopic (exact) mass is 364 g/mol. The zero-order valence-corrected chi connectivity index (χ0v) is 15.6. The molecule has 3 aromatic carbocycles. The molecular formula is C22H21ClN2O. The number of ether oxygens (including phenoxy) is 1. The first-order valence-corrected chi connectivity index (χ1v) is 8.81. The fourth-order valence-electron chi connectivity index (χ4n) is 2.47. The van der Waals surface area contributed by atoms with E-state index in [1.807, 2.05) is 48.5 Å². The van der Waals surface area contributed by atoms with Gasteiger partial charge in [0, 0.05) is 5.02 Å². The summed E-state index contributed by atoms with van der Waals surface area (Å²) in [6.07, 6.45) is 1.77. The van der Waals surface area contributed by atoms with Crippen LogP contribution in [0.3, 0.4) is 0 Å². The van der Waals surface area contributed by atoms with Gasteiger partial charge in [0.15, 0.2) is 0 Å². The molecule has 0 aliphatic carbocycles. The fourth-order valence-corrected chi connectivity index (χ4v) is 2.60. The van der Waals surface area contributed by atoms with Crippen LogP contribution in [0.2, 0.25) is 5.02 Å². The lowest BCUT2D eigenvalue weighted by Crippen LogP contribution is -1.98. The Morgan fingerprint density at radius 1 is 0.962 bits per heavy atom. The van der Waals surface area contributed by atoms with Crippen LogP contribution in [-0.2, 0) is 6.61 Å². The van der Waals surface area contributed by atoms with Crippen LogP contribution in [0, 0.1) is 13.8 Å². The number of benzene rings is 3. The van der Waals surface area contributed by atoms with Crippen molar-refractivity contribution < 1.29 is 4.74 Å². The summed E-state index contributed by atoms with van der Waals surface area (Å²) in [7, 11) is 0. The zero-order chi connectivity index (χ0) is 18.4. The Bertz CT molecular complexity index is 887. The van der Waals surface area contributed by atoms with Crippen LogP contribution < -0.4 is 10.2 Å². The Labute approximate surface area is 159 Å². The van der Waals surface area contributed by atoms with Crippen LogP contribution in [-0.4, -0.2) is 6.21 Å². The SMILES string of the molecule is Cc1ccc(C)c(COc2ccc(C=NNc3ccc(Cl)cc3)cc2)c1. The van der Waals surface area contributed by atoms with Crippen LogP contribution in [0.5, 0.6) is 5.75 Å². The molecule has 0 aliphatic rings. The van der Waals surface area contributed by atoms with Gasteiger partial charge in [0.2, 0.25) is 0 Å². The third-order valence-corrected chi connectivity index (χ3v) is 4.28. The molecule has 0 saturated heterocycles. The first-order chi connectivity index (χ1) is 12.6. The average molecular weight is 365 g/mol. The van der Waals surface area contributed by atoms with E-state index < -0.39 is 0 Å². The maximum Gasteiger partial charge on any atom is 0.119 e. The van der Waals surface area contributed by atoms with Crippen molar-refractivity contribution in [1.82, 2.24) is 0 Å². The topological polar surface area (TPSA) is 33.6 Å². The van der Waals surface area contributed by atoms with Crippen LogP contribution >= 0.6 is 11.6 Å². The van der Waals surface area contributed by atoms with Gasteiger partial charge in [-0.3, -0.25) is 5.43 Å². The van der Waals surface area contributed by atoms with Crippen LogP contribution in [0.4, 0.5) is 5.69 Å². The average Bonchev–Trinajstić information content (AvgIpc) is 2.65. The maximum atomic E-state index is 5.90. The minimum absolute atomic E-state index is 0.569. The van der Waals surface area contributed by atoms with Gasteiger partial charge in [-0.25, -0.2) is 0 Å². The second kappa shape index (κ2) is 8.54. The van der Waals surface area contributed by atoms with Gasteiger partial charge in [0.05, 0.1) is 11.9 Å². The number of hydrogen-bond donors (Lipinski definition) is 1. The minimum Gasteiger partial charge on any atom is -0.489 e. The number of rotatable bonds is 6. The number of nitrogens with zero attached hydrogens (tertiary/aromatic N) is 1. The molecule has 0 heterocycles. The number of nitrogens with one attached hydrogen (secondary N) is 1. The lowest BCUT2D eigenvalue weighted by molar-refractivity contribution is 0.305. The standard InChI is InChI=1S/C22H21ClN2O/c1-16-3-4-17(2)19(13-16)15-26-22-11-5-18(6-12-22)14-24-25-21-9-7-20(23)8-10-21/h3-14,25H,15H2,1-2H3. The summed E-state index contributed by atoms with van der Waals surface area (Å²) in [5.41, 5.74) is 8.55. The van der Waals surface area contributed by atoms with Gasteiger partial charge in [-0.15, -0.1) is 0 Å². The van der Waals surface area contributed by atoms with E-state index in [-0.39, 0.29) is 0 Å². The summed E-state index contributed by atoms with van der Waals surface area (Å²) in [4.78, 5) is 0. The second-order valence-corrected chi connectivity index (χ2v) is 6.60. The quantitative estimate of drug-likeness (QED) is 0.431. The molecule has 0 bridgehead atoms. The van der Waals surface area contributed by atoms with Crippen molar-refractivity contribution >= 4 is 23.5 Å². The molecule has 4 heteroatoms. The third kappa shape index (κ3) is 5.11. The number of anilines is 1. The van der Waals surface area contributed by atoms with E-state index in [1.165, 1.54) is 16.7 Å². The van der Waals surface area contributed by atoms with Crippen molar-refractivity contribution in [2.75, 3.05) is 5.43 Å². The van der Waals surface area contributed by atoms with Gasteiger partial charge >= 0.3 is 0 Å². The zero-order valence-electron chi connectivity index (χ0n) is 14.9. The van der Waals surface area contributed by atoms with E-state index in [0.717, 1.165) is 17.0 Å². The molecule has 132 valence electrons. The molecule has 0 spiro atoms. The molecule has 0 saturated carbocycles. The van der Waals surface area contributed by atoms with E-state index >= 15 is 0 Å². The van der Waals surface area contributed by atoms with Crippen molar-refractivity contribution in [3.63, 3.8) is 0 Å². The van der Waals surface area contributed by atoms with Crippen molar-refractivity contribution in [1.29, 1.82) is 0 Å². The van der Waals surface area contributed by atoms with Gasteiger partial charge in [-0.1, -0.05) is 35.4 Å². The molecule has 0 radical (unpaired) electrons.